The summed E-state index contributed by atoms with van der Waals surface area (Å²) in [6, 6.07) is 0. The van der Waals surface area contributed by atoms with Crippen molar-refractivity contribution in [1.29, 1.82) is 0 Å². The maximum atomic E-state index is 12.2. The van der Waals surface area contributed by atoms with E-state index in [1.165, 1.54) is 6.26 Å². The average molecular weight is 520 g/mol. The van der Waals surface area contributed by atoms with E-state index in [4.69, 9.17) is 4.74 Å². The van der Waals surface area contributed by atoms with Crippen LogP contribution in [0.15, 0.2) is 4.99 Å². The van der Waals surface area contributed by atoms with Gasteiger partial charge in [-0.2, -0.15) is 0 Å². The van der Waals surface area contributed by atoms with Crippen molar-refractivity contribution in [2.75, 3.05) is 31.6 Å². The fraction of sp³-hybridized carbons (Fsp3) is 0.882. The highest BCUT2D eigenvalue weighted by molar-refractivity contribution is 14.0. The van der Waals surface area contributed by atoms with Crippen LogP contribution < -0.4 is 16.0 Å². The van der Waals surface area contributed by atoms with E-state index in [1.807, 2.05) is 41.5 Å². The highest BCUT2D eigenvalue weighted by atomic mass is 127. The van der Waals surface area contributed by atoms with Crippen molar-refractivity contribution < 1.29 is 17.9 Å². The Balaban J connectivity index is 0. The van der Waals surface area contributed by atoms with E-state index in [0.717, 1.165) is 0 Å². The van der Waals surface area contributed by atoms with Crippen molar-refractivity contribution in [3.63, 3.8) is 0 Å². The zero-order valence-electron chi connectivity index (χ0n) is 17.6. The first kappa shape index (κ1) is 28.4. The maximum absolute atomic E-state index is 12.2. The topological polar surface area (TPSA) is 109 Å². The van der Waals surface area contributed by atoms with Crippen LogP contribution in [0.5, 0.6) is 0 Å². The molecule has 0 atom stereocenters. The van der Waals surface area contributed by atoms with Gasteiger partial charge in [0, 0.05) is 19.3 Å². The second-order valence-electron chi connectivity index (χ2n) is 7.37. The third-order valence-electron chi connectivity index (χ3n) is 3.77. The molecule has 0 aliphatic heterocycles. The van der Waals surface area contributed by atoms with E-state index >= 15 is 0 Å². The summed E-state index contributed by atoms with van der Waals surface area (Å²) in [5.41, 5.74) is -1.09. The molecule has 8 nitrogen and oxygen atoms in total. The fourth-order valence-corrected chi connectivity index (χ4v) is 2.61. The van der Waals surface area contributed by atoms with Crippen LogP contribution in [0, 0.1) is 0 Å². The second-order valence-corrected chi connectivity index (χ2v) is 9.63. The number of nitrogens with one attached hydrogen (secondary N) is 3. The Morgan fingerprint density at radius 1 is 1.07 bits per heavy atom. The Kier molecular flexibility index (Phi) is 13.3. The van der Waals surface area contributed by atoms with Crippen molar-refractivity contribution >= 4 is 45.9 Å². The van der Waals surface area contributed by atoms with Gasteiger partial charge in [-0.05, 0) is 40.5 Å². The van der Waals surface area contributed by atoms with Gasteiger partial charge in [-0.3, -0.25) is 4.99 Å². The van der Waals surface area contributed by atoms with E-state index in [-0.39, 0.29) is 36.3 Å². The van der Waals surface area contributed by atoms with Crippen LogP contribution in [-0.2, 0) is 14.6 Å². The molecular weight excluding hydrogens is 483 g/mol. The summed E-state index contributed by atoms with van der Waals surface area (Å²) in [5, 5.41) is 9.03. The molecule has 0 aliphatic carbocycles. The lowest BCUT2D eigenvalue weighted by Gasteiger charge is -2.32. The summed E-state index contributed by atoms with van der Waals surface area (Å²) in [6.07, 6.45) is 2.11. The molecule has 10 heteroatoms. The molecule has 0 aromatic rings. The van der Waals surface area contributed by atoms with Crippen LogP contribution in [0.2, 0.25) is 0 Å². The van der Waals surface area contributed by atoms with Crippen molar-refractivity contribution in [1.82, 2.24) is 16.0 Å². The SMILES string of the molecule is CCNC(=NCC(CC)(CC)NC(=O)OC(C)(C)C)NCCS(C)(=O)=O.I. The number of sulfone groups is 1. The Morgan fingerprint density at radius 3 is 2.04 bits per heavy atom. The average Bonchev–Trinajstić information content (AvgIpc) is 2.48. The van der Waals surface area contributed by atoms with E-state index < -0.39 is 27.1 Å². The first-order valence-electron chi connectivity index (χ1n) is 9.07. The number of rotatable bonds is 9. The number of carbonyl (C=O) groups is 1. The van der Waals surface area contributed by atoms with Gasteiger partial charge in [0.05, 0.1) is 17.8 Å². The minimum Gasteiger partial charge on any atom is -0.444 e. The Morgan fingerprint density at radius 2 is 1.63 bits per heavy atom. The third kappa shape index (κ3) is 14.0. The van der Waals surface area contributed by atoms with Gasteiger partial charge in [0.15, 0.2) is 5.96 Å². The number of hydrogen-bond donors (Lipinski definition) is 3. The van der Waals surface area contributed by atoms with Gasteiger partial charge in [-0.25, -0.2) is 13.2 Å². The van der Waals surface area contributed by atoms with Crippen LogP contribution >= 0.6 is 24.0 Å². The zero-order valence-corrected chi connectivity index (χ0v) is 20.8. The van der Waals surface area contributed by atoms with Crippen LogP contribution in [0.1, 0.15) is 54.4 Å². The first-order chi connectivity index (χ1) is 11.9. The summed E-state index contributed by atoms with van der Waals surface area (Å²) in [7, 11) is -3.04. The molecule has 0 heterocycles. The quantitative estimate of drug-likeness (QED) is 0.245. The molecule has 27 heavy (non-hydrogen) atoms. The number of guanidine groups is 1. The number of hydrogen-bond acceptors (Lipinski definition) is 5. The number of amides is 1. The number of halogens is 1. The summed E-state index contributed by atoms with van der Waals surface area (Å²) in [6.45, 7) is 12.6. The van der Waals surface area contributed by atoms with Crippen LogP contribution in [0.25, 0.3) is 0 Å². The summed E-state index contributed by atoms with van der Waals surface area (Å²) < 4.78 is 27.9. The molecule has 0 aromatic heterocycles. The summed E-state index contributed by atoms with van der Waals surface area (Å²) in [4.78, 5) is 16.7. The van der Waals surface area contributed by atoms with E-state index in [1.54, 1.807) is 0 Å². The molecule has 0 aliphatic rings. The number of nitrogens with zero attached hydrogens (tertiary/aromatic N) is 1. The van der Waals surface area contributed by atoms with Gasteiger partial charge in [-0.15, -0.1) is 24.0 Å². The molecule has 162 valence electrons. The monoisotopic (exact) mass is 520 g/mol. The minimum absolute atomic E-state index is 0. The largest absolute Gasteiger partial charge is 0.444 e. The predicted octanol–water partition coefficient (Wildman–Crippen LogP) is 2.29. The fourth-order valence-electron chi connectivity index (χ4n) is 2.14. The van der Waals surface area contributed by atoms with Gasteiger partial charge in [0.2, 0.25) is 0 Å². The lowest BCUT2D eigenvalue weighted by atomic mass is 9.93. The van der Waals surface area contributed by atoms with Gasteiger partial charge in [0.1, 0.15) is 15.4 Å². The van der Waals surface area contributed by atoms with Crippen molar-refractivity contribution in [2.45, 2.75) is 65.5 Å². The molecule has 0 bridgehead atoms. The van der Waals surface area contributed by atoms with Gasteiger partial charge >= 0.3 is 6.09 Å². The van der Waals surface area contributed by atoms with Crippen LogP contribution in [-0.4, -0.2) is 63.3 Å². The van der Waals surface area contributed by atoms with E-state index in [0.29, 0.717) is 31.9 Å². The van der Waals surface area contributed by atoms with Gasteiger partial charge in [0.25, 0.3) is 0 Å². The standard InChI is InChI=1S/C17H36N4O4S.HI/c1-8-17(9-2,21-15(22)25-16(4,5)6)13-20-14(18-10-3)19-11-12-26(7,23)24;/h8-13H2,1-7H3,(H,21,22)(H2,18,19,20);1H. The molecule has 0 unspecified atom stereocenters. The molecule has 0 radical (unpaired) electrons. The van der Waals surface area contributed by atoms with Gasteiger partial charge < -0.3 is 20.7 Å². The molecule has 0 fully saturated rings. The predicted molar refractivity (Wildman–Crippen MR) is 122 cm³/mol. The summed E-state index contributed by atoms with van der Waals surface area (Å²) in [5.74, 6) is 0.550. The Hall–Kier alpha value is -0.780. The normalized spacial score (nSPS) is 12.8. The van der Waals surface area contributed by atoms with E-state index in [2.05, 4.69) is 20.9 Å². The highest BCUT2D eigenvalue weighted by Gasteiger charge is 2.30. The molecule has 3 N–H and O–H groups in total. The van der Waals surface area contributed by atoms with Crippen molar-refractivity contribution in [3.05, 3.63) is 0 Å². The first-order valence-corrected chi connectivity index (χ1v) is 11.1. The van der Waals surface area contributed by atoms with Crippen molar-refractivity contribution in [2.24, 2.45) is 4.99 Å². The molecular formula is C17H37IN4O4S. The minimum atomic E-state index is -3.04. The smallest absolute Gasteiger partial charge is 0.408 e. The molecule has 0 saturated carbocycles. The van der Waals surface area contributed by atoms with Crippen LogP contribution in [0.4, 0.5) is 4.79 Å². The molecule has 1 amide bonds. The lowest BCUT2D eigenvalue weighted by molar-refractivity contribution is 0.0452. The second kappa shape index (κ2) is 12.6. The van der Waals surface area contributed by atoms with Crippen LogP contribution in [0.3, 0.4) is 0 Å². The third-order valence-corrected chi connectivity index (χ3v) is 4.71. The number of carbonyl (C=O) groups excluding carboxylic acids is 1. The lowest BCUT2D eigenvalue weighted by Crippen LogP contribution is -2.52. The molecule has 0 aromatic carbocycles. The van der Waals surface area contributed by atoms with E-state index in [9.17, 15) is 13.2 Å². The Bertz CT molecular complexity index is 570. The Labute approximate surface area is 181 Å². The number of alkyl carbamates (subject to hydrolysis) is 1. The number of aliphatic imine (C=N–C) groups is 1. The number of ether oxygens (including phenoxy) is 1. The van der Waals surface area contributed by atoms with Gasteiger partial charge in [-0.1, -0.05) is 13.8 Å². The zero-order chi connectivity index (χ0) is 20.4. The molecule has 0 saturated heterocycles. The molecule has 0 spiro atoms. The summed E-state index contributed by atoms with van der Waals surface area (Å²) >= 11 is 0. The molecule has 0 rings (SSSR count). The highest BCUT2D eigenvalue weighted by Crippen LogP contribution is 2.17. The van der Waals surface area contributed by atoms with Crippen molar-refractivity contribution in [3.8, 4) is 0 Å². The maximum Gasteiger partial charge on any atom is 0.408 e.